The molecule has 19 heavy (non-hydrogen) atoms. The smallest absolute Gasteiger partial charge is 0.0213 e. The van der Waals surface area contributed by atoms with Crippen LogP contribution in [0.2, 0.25) is 0 Å². The number of benzene rings is 1. The molecule has 0 amide bonds. The molecule has 0 heterocycles. The highest BCUT2D eigenvalue weighted by Gasteiger charge is 2.54. The summed E-state index contributed by atoms with van der Waals surface area (Å²) in [7, 11) is 2.09. The van der Waals surface area contributed by atoms with Gasteiger partial charge in [-0.1, -0.05) is 53.4 Å². The number of hydrogen-bond donors (Lipinski definition) is 1. The standard InChI is InChI=1S/C17H24BrN/c1-19-13-17(14-7-3-4-8-15(14)18)11-16(12-17)9-5-2-6-10-16/h3-4,7-8,19H,2,5-6,9-13H2,1H3. The predicted molar refractivity (Wildman–Crippen MR) is 84.5 cm³/mol. The Labute approximate surface area is 125 Å². The van der Waals surface area contributed by atoms with Crippen LogP contribution >= 0.6 is 15.9 Å². The van der Waals surface area contributed by atoms with Gasteiger partial charge in [-0.2, -0.15) is 0 Å². The van der Waals surface area contributed by atoms with E-state index in [0.29, 0.717) is 10.8 Å². The van der Waals surface area contributed by atoms with Crippen LogP contribution in [0.5, 0.6) is 0 Å². The highest BCUT2D eigenvalue weighted by molar-refractivity contribution is 9.10. The molecule has 0 atom stereocenters. The van der Waals surface area contributed by atoms with Crippen molar-refractivity contribution < 1.29 is 0 Å². The van der Waals surface area contributed by atoms with Crippen LogP contribution in [0.4, 0.5) is 0 Å². The third-order valence-corrected chi connectivity index (χ3v) is 5.99. The van der Waals surface area contributed by atoms with Crippen LogP contribution in [0.1, 0.15) is 50.5 Å². The summed E-state index contributed by atoms with van der Waals surface area (Å²) >= 11 is 3.76. The predicted octanol–water partition coefficient (Wildman–Crippen LogP) is 4.65. The lowest BCUT2D eigenvalue weighted by Crippen LogP contribution is -2.55. The Balaban J connectivity index is 1.85. The fourth-order valence-electron chi connectivity index (χ4n) is 4.68. The van der Waals surface area contributed by atoms with Gasteiger partial charge in [0.1, 0.15) is 0 Å². The molecule has 1 spiro atoms. The fourth-order valence-corrected chi connectivity index (χ4v) is 5.38. The van der Waals surface area contributed by atoms with E-state index in [-0.39, 0.29) is 0 Å². The molecule has 1 aromatic rings. The Morgan fingerprint density at radius 2 is 1.79 bits per heavy atom. The zero-order valence-corrected chi connectivity index (χ0v) is 13.4. The Kier molecular flexibility index (Phi) is 3.74. The molecule has 2 saturated carbocycles. The van der Waals surface area contributed by atoms with E-state index < -0.39 is 0 Å². The number of hydrogen-bond acceptors (Lipinski definition) is 1. The average Bonchev–Trinajstić information content (AvgIpc) is 2.38. The maximum absolute atomic E-state index is 3.76. The van der Waals surface area contributed by atoms with Crippen molar-refractivity contribution in [1.29, 1.82) is 0 Å². The minimum atomic E-state index is 0.367. The second-order valence-electron chi connectivity index (χ2n) is 6.70. The molecular formula is C17H24BrN. The molecule has 0 aliphatic heterocycles. The Morgan fingerprint density at radius 3 is 2.42 bits per heavy atom. The summed E-state index contributed by atoms with van der Waals surface area (Å²) in [6, 6.07) is 8.81. The summed E-state index contributed by atoms with van der Waals surface area (Å²) in [6.07, 6.45) is 10.0. The van der Waals surface area contributed by atoms with Crippen molar-refractivity contribution in [3.8, 4) is 0 Å². The highest BCUT2D eigenvalue weighted by Crippen LogP contribution is 2.62. The van der Waals surface area contributed by atoms with Crippen molar-refractivity contribution in [3.63, 3.8) is 0 Å². The van der Waals surface area contributed by atoms with E-state index in [9.17, 15) is 0 Å². The number of likely N-dealkylation sites (N-methyl/N-ethyl adjacent to an activating group) is 1. The van der Waals surface area contributed by atoms with Crippen molar-refractivity contribution in [2.24, 2.45) is 5.41 Å². The van der Waals surface area contributed by atoms with E-state index in [1.54, 1.807) is 0 Å². The van der Waals surface area contributed by atoms with Crippen molar-refractivity contribution in [2.45, 2.75) is 50.4 Å². The molecule has 0 unspecified atom stereocenters. The lowest BCUT2D eigenvalue weighted by atomic mass is 9.46. The van der Waals surface area contributed by atoms with E-state index in [1.807, 2.05) is 0 Å². The van der Waals surface area contributed by atoms with E-state index in [1.165, 1.54) is 55.0 Å². The van der Waals surface area contributed by atoms with Gasteiger partial charge >= 0.3 is 0 Å². The van der Waals surface area contributed by atoms with Gasteiger partial charge < -0.3 is 5.32 Å². The van der Waals surface area contributed by atoms with E-state index in [0.717, 1.165) is 6.54 Å². The molecule has 0 bridgehead atoms. The first-order chi connectivity index (χ1) is 9.20. The molecule has 1 N–H and O–H groups in total. The number of rotatable bonds is 3. The van der Waals surface area contributed by atoms with Crippen LogP contribution in [0, 0.1) is 5.41 Å². The molecular weight excluding hydrogens is 298 g/mol. The maximum atomic E-state index is 3.76. The largest absolute Gasteiger partial charge is 0.319 e. The quantitative estimate of drug-likeness (QED) is 0.854. The van der Waals surface area contributed by atoms with Gasteiger partial charge in [0.2, 0.25) is 0 Å². The third kappa shape index (κ3) is 2.38. The minimum absolute atomic E-state index is 0.367. The number of nitrogens with one attached hydrogen (secondary N) is 1. The van der Waals surface area contributed by atoms with Crippen LogP contribution in [-0.4, -0.2) is 13.6 Å². The first-order valence-electron chi connectivity index (χ1n) is 7.59. The molecule has 2 aliphatic rings. The third-order valence-electron chi connectivity index (χ3n) is 5.30. The lowest BCUT2D eigenvalue weighted by Gasteiger charge is -2.59. The summed E-state index contributed by atoms with van der Waals surface area (Å²) in [5.41, 5.74) is 2.55. The zero-order valence-electron chi connectivity index (χ0n) is 11.8. The van der Waals surface area contributed by atoms with Crippen LogP contribution < -0.4 is 5.32 Å². The van der Waals surface area contributed by atoms with Gasteiger partial charge in [-0.25, -0.2) is 0 Å². The minimum Gasteiger partial charge on any atom is -0.319 e. The molecule has 3 rings (SSSR count). The van der Waals surface area contributed by atoms with Crippen LogP contribution in [0.3, 0.4) is 0 Å². The summed E-state index contributed by atoms with van der Waals surface area (Å²) < 4.78 is 1.29. The summed E-state index contributed by atoms with van der Waals surface area (Å²) in [6.45, 7) is 1.11. The molecule has 2 fully saturated rings. The molecule has 0 saturated heterocycles. The van der Waals surface area contributed by atoms with E-state index in [4.69, 9.17) is 0 Å². The molecule has 2 heteroatoms. The summed E-state index contributed by atoms with van der Waals surface area (Å²) in [5, 5.41) is 3.44. The summed E-state index contributed by atoms with van der Waals surface area (Å²) in [4.78, 5) is 0. The Morgan fingerprint density at radius 1 is 1.11 bits per heavy atom. The van der Waals surface area contributed by atoms with Gasteiger partial charge in [-0.3, -0.25) is 0 Å². The molecule has 0 aromatic heterocycles. The Hall–Kier alpha value is -0.340. The fraction of sp³-hybridized carbons (Fsp3) is 0.647. The van der Waals surface area contributed by atoms with Gasteiger partial charge in [0.25, 0.3) is 0 Å². The molecule has 104 valence electrons. The topological polar surface area (TPSA) is 12.0 Å². The monoisotopic (exact) mass is 321 g/mol. The molecule has 2 aliphatic carbocycles. The highest BCUT2D eigenvalue weighted by atomic mass is 79.9. The SMILES string of the molecule is CNCC1(c2ccccc2Br)CC2(CCCCC2)C1. The molecule has 1 nitrogen and oxygen atoms in total. The van der Waals surface area contributed by atoms with Gasteiger partial charge in [0, 0.05) is 16.4 Å². The second kappa shape index (κ2) is 5.21. The van der Waals surface area contributed by atoms with E-state index >= 15 is 0 Å². The van der Waals surface area contributed by atoms with Crippen LogP contribution in [-0.2, 0) is 5.41 Å². The number of halogens is 1. The van der Waals surface area contributed by atoms with Gasteiger partial charge in [-0.05, 0) is 49.8 Å². The van der Waals surface area contributed by atoms with Crippen molar-refractivity contribution >= 4 is 15.9 Å². The first-order valence-corrected chi connectivity index (χ1v) is 8.39. The van der Waals surface area contributed by atoms with Crippen molar-refractivity contribution in [1.82, 2.24) is 5.32 Å². The van der Waals surface area contributed by atoms with Gasteiger partial charge in [0.05, 0.1) is 0 Å². The summed E-state index contributed by atoms with van der Waals surface area (Å²) in [5.74, 6) is 0. The van der Waals surface area contributed by atoms with Crippen molar-refractivity contribution in [2.75, 3.05) is 13.6 Å². The van der Waals surface area contributed by atoms with Gasteiger partial charge in [0.15, 0.2) is 0 Å². The second-order valence-corrected chi connectivity index (χ2v) is 7.56. The van der Waals surface area contributed by atoms with Crippen molar-refractivity contribution in [3.05, 3.63) is 34.3 Å². The average molecular weight is 322 g/mol. The lowest BCUT2D eigenvalue weighted by molar-refractivity contribution is -0.0122. The Bertz CT molecular complexity index is 440. The normalized spacial score (nSPS) is 24.1. The van der Waals surface area contributed by atoms with Crippen LogP contribution in [0.25, 0.3) is 0 Å². The maximum Gasteiger partial charge on any atom is 0.0213 e. The molecule has 0 radical (unpaired) electrons. The van der Waals surface area contributed by atoms with E-state index in [2.05, 4.69) is 52.6 Å². The van der Waals surface area contributed by atoms with Crippen LogP contribution in [0.15, 0.2) is 28.7 Å². The molecule has 1 aromatic carbocycles. The zero-order chi connectivity index (χ0) is 13.3. The first kappa shape index (κ1) is 13.6. The van der Waals surface area contributed by atoms with Gasteiger partial charge in [-0.15, -0.1) is 0 Å².